The van der Waals surface area contributed by atoms with Crippen LogP contribution in [0.15, 0.2) is 77.7 Å². The number of aryl methyl sites for hydroxylation is 1. The number of sulfonamides is 1. The average molecular weight is 631 g/mol. The molecule has 2 amide bonds. The molecule has 0 saturated heterocycles. The Morgan fingerprint density at radius 1 is 0.952 bits per heavy atom. The molecule has 10 heteroatoms. The smallest absolute Gasteiger partial charge is 0.264 e. The van der Waals surface area contributed by atoms with E-state index in [9.17, 15) is 18.0 Å². The molecule has 3 aromatic carbocycles. The average Bonchev–Trinajstić information content (AvgIpc) is 2.98. The molecule has 0 spiro atoms. The number of anilines is 1. The minimum absolute atomic E-state index is 0.0125. The predicted molar refractivity (Wildman–Crippen MR) is 168 cm³/mol. The topological polar surface area (TPSA) is 86.8 Å². The molecule has 1 N–H and O–H groups in total. The Kier molecular flexibility index (Phi) is 10.9. The van der Waals surface area contributed by atoms with Gasteiger partial charge in [0.25, 0.3) is 10.0 Å². The van der Waals surface area contributed by atoms with Gasteiger partial charge in [0.2, 0.25) is 11.8 Å². The molecular weight excluding hydrogens is 593 g/mol. The van der Waals surface area contributed by atoms with Crippen LogP contribution in [0.4, 0.5) is 5.69 Å². The number of nitrogens with zero attached hydrogens (tertiary/aromatic N) is 2. The highest BCUT2D eigenvalue weighted by Crippen LogP contribution is 2.27. The van der Waals surface area contributed by atoms with Gasteiger partial charge in [0.15, 0.2) is 0 Å². The zero-order valence-electron chi connectivity index (χ0n) is 23.9. The number of nitrogens with one attached hydrogen (secondary N) is 1. The van der Waals surface area contributed by atoms with Crippen molar-refractivity contribution in [3.05, 3.63) is 94.0 Å². The third kappa shape index (κ3) is 7.85. The van der Waals surface area contributed by atoms with E-state index in [0.29, 0.717) is 27.7 Å². The summed E-state index contributed by atoms with van der Waals surface area (Å²) in [6.07, 6.45) is 5.38. The van der Waals surface area contributed by atoms with Gasteiger partial charge in [-0.1, -0.05) is 91.3 Å². The Morgan fingerprint density at radius 2 is 1.62 bits per heavy atom. The van der Waals surface area contributed by atoms with Crippen LogP contribution in [-0.4, -0.2) is 43.8 Å². The van der Waals surface area contributed by atoms with Crippen molar-refractivity contribution in [3.8, 4) is 0 Å². The minimum Gasteiger partial charge on any atom is -0.352 e. The summed E-state index contributed by atoms with van der Waals surface area (Å²) < 4.78 is 28.9. The Balaban J connectivity index is 1.71. The standard InChI is InChI=1S/C32H37Cl2N3O4S/c1-3-30(32(39)35-26-10-6-4-7-11-26)36(21-24-16-17-25(33)20-29(24)34)31(38)22-37(27-18-14-23(2)15-19-27)42(40,41)28-12-8-5-9-13-28/h5,8-9,12-20,26,30H,3-4,6-7,10-11,21-22H2,1-2H3,(H,35,39)/t30-/m0/s1. The van der Waals surface area contributed by atoms with Crippen LogP contribution in [0.25, 0.3) is 0 Å². The van der Waals surface area contributed by atoms with E-state index < -0.39 is 28.5 Å². The quantitative estimate of drug-likeness (QED) is 0.254. The number of rotatable bonds is 11. The number of hydrogen-bond donors (Lipinski definition) is 1. The maximum absolute atomic E-state index is 14.2. The lowest BCUT2D eigenvalue weighted by Crippen LogP contribution is -2.54. The number of amides is 2. The van der Waals surface area contributed by atoms with E-state index in [1.165, 1.54) is 17.0 Å². The third-order valence-electron chi connectivity index (χ3n) is 7.63. The largest absolute Gasteiger partial charge is 0.352 e. The molecule has 4 rings (SSSR count). The minimum atomic E-state index is -4.12. The molecular formula is C32H37Cl2N3O4S. The summed E-state index contributed by atoms with van der Waals surface area (Å²) in [7, 11) is -4.12. The molecule has 1 aliphatic carbocycles. The number of carbonyl (C=O) groups excluding carboxylic acids is 2. The third-order valence-corrected chi connectivity index (χ3v) is 10.0. The first-order valence-corrected chi connectivity index (χ1v) is 16.5. The Labute approximate surface area is 258 Å². The van der Waals surface area contributed by atoms with Gasteiger partial charge in [0, 0.05) is 22.6 Å². The second-order valence-corrected chi connectivity index (χ2v) is 13.4. The molecule has 7 nitrogen and oxygen atoms in total. The lowest BCUT2D eigenvalue weighted by atomic mass is 9.95. The molecule has 1 atom stereocenters. The normalized spacial score (nSPS) is 14.7. The second-order valence-electron chi connectivity index (χ2n) is 10.7. The Bertz CT molecular complexity index is 1480. The van der Waals surface area contributed by atoms with Crippen molar-refractivity contribution in [3.63, 3.8) is 0 Å². The van der Waals surface area contributed by atoms with E-state index in [-0.39, 0.29) is 23.4 Å². The fourth-order valence-electron chi connectivity index (χ4n) is 5.26. The van der Waals surface area contributed by atoms with E-state index in [1.807, 2.05) is 13.8 Å². The fourth-order valence-corrected chi connectivity index (χ4v) is 7.16. The molecule has 1 saturated carbocycles. The van der Waals surface area contributed by atoms with E-state index in [0.717, 1.165) is 42.0 Å². The molecule has 0 radical (unpaired) electrons. The first-order valence-electron chi connectivity index (χ1n) is 14.3. The molecule has 1 aliphatic rings. The molecule has 1 fully saturated rings. The highest BCUT2D eigenvalue weighted by molar-refractivity contribution is 7.92. The summed E-state index contributed by atoms with van der Waals surface area (Å²) in [5.74, 6) is -0.776. The predicted octanol–water partition coefficient (Wildman–Crippen LogP) is 6.75. The fraction of sp³-hybridized carbons (Fsp3) is 0.375. The zero-order valence-corrected chi connectivity index (χ0v) is 26.3. The van der Waals surface area contributed by atoms with Crippen LogP contribution in [0.5, 0.6) is 0 Å². The highest BCUT2D eigenvalue weighted by atomic mass is 35.5. The number of carbonyl (C=O) groups is 2. The summed E-state index contributed by atoms with van der Waals surface area (Å²) in [6.45, 7) is 3.25. The van der Waals surface area contributed by atoms with Gasteiger partial charge in [-0.05, 0) is 68.1 Å². The summed E-state index contributed by atoms with van der Waals surface area (Å²) in [5, 5.41) is 3.95. The van der Waals surface area contributed by atoms with Gasteiger partial charge >= 0.3 is 0 Å². The van der Waals surface area contributed by atoms with Gasteiger partial charge < -0.3 is 10.2 Å². The van der Waals surface area contributed by atoms with Gasteiger partial charge in [-0.25, -0.2) is 8.42 Å². The SMILES string of the molecule is CC[C@@H](C(=O)NC1CCCCC1)N(Cc1ccc(Cl)cc1Cl)C(=O)CN(c1ccc(C)cc1)S(=O)(=O)c1ccccc1. The molecule has 0 aromatic heterocycles. The van der Waals surface area contributed by atoms with Crippen LogP contribution < -0.4 is 9.62 Å². The van der Waals surface area contributed by atoms with Crippen LogP contribution in [0, 0.1) is 6.92 Å². The molecule has 0 aliphatic heterocycles. The van der Waals surface area contributed by atoms with Gasteiger partial charge in [-0.15, -0.1) is 0 Å². The van der Waals surface area contributed by atoms with Gasteiger partial charge in [-0.2, -0.15) is 0 Å². The summed E-state index contributed by atoms with van der Waals surface area (Å²) in [5.41, 5.74) is 1.90. The second kappa shape index (κ2) is 14.4. The molecule has 3 aromatic rings. The number of hydrogen-bond acceptors (Lipinski definition) is 4. The van der Waals surface area contributed by atoms with E-state index >= 15 is 0 Å². The van der Waals surface area contributed by atoms with E-state index in [1.54, 1.807) is 60.7 Å². The summed E-state index contributed by atoms with van der Waals surface area (Å²) >= 11 is 12.6. The lowest BCUT2D eigenvalue weighted by molar-refractivity contribution is -0.140. The van der Waals surface area contributed by atoms with Crippen molar-refractivity contribution in [2.75, 3.05) is 10.8 Å². The Morgan fingerprint density at radius 3 is 2.24 bits per heavy atom. The van der Waals surface area contributed by atoms with Crippen LogP contribution >= 0.6 is 23.2 Å². The zero-order chi connectivity index (χ0) is 30.3. The maximum Gasteiger partial charge on any atom is 0.264 e. The van der Waals surface area contributed by atoms with Crippen LogP contribution in [0.3, 0.4) is 0 Å². The monoisotopic (exact) mass is 629 g/mol. The highest BCUT2D eigenvalue weighted by Gasteiger charge is 2.34. The molecule has 0 heterocycles. The number of halogens is 2. The van der Waals surface area contributed by atoms with Crippen LogP contribution in [0.2, 0.25) is 10.0 Å². The van der Waals surface area contributed by atoms with Gasteiger partial charge in [0.05, 0.1) is 10.6 Å². The molecule has 224 valence electrons. The summed E-state index contributed by atoms with van der Waals surface area (Å²) in [6, 6.07) is 19.2. The van der Waals surface area contributed by atoms with Crippen molar-refractivity contribution in [2.45, 2.75) is 75.9 Å². The van der Waals surface area contributed by atoms with E-state index in [4.69, 9.17) is 23.2 Å². The lowest BCUT2D eigenvalue weighted by Gasteiger charge is -2.34. The van der Waals surface area contributed by atoms with Gasteiger partial charge in [-0.3, -0.25) is 13.9 Å². The van der Waals surface area contributed by atoms with Crippen molar-refractivity contribution in [1.82, 2.24) is 10.2 Å². The summed E-state index contributed by atoms with van der Waals surface area (Å²) in [4.78, 5) is 29.4. The first kappa shape index (κ1) is 31.9. The van der Waals surface area contributed by atoms with E-state index in [2.05, 4.69) is 5.32 Å². The molecule has 0 unspecified atom stereocenters. The first-order chi connectivity index (χ1) is 20.1. The number of benzene rings is 3. The van der Waals surface area contributed by atoms with Crippen molar-refractivity contribution in [2.24, 2.45) is 0 Å². The van der Waals surface area contributed by atoms with Crippen molar-refractivity contribution in [1.29, 1.82) is 0 Å². The Hall–Kier alpha value is -3.07. The maximum atomic E-state index is 14.2. The molecule has 42 heavy (non-hydrogen) atoms. The van der Waals surface area contributed by atoms with Gasteiger partial charge in [0.1, 0.15) is 12.6 Å². The van der Waals surface area contributed by atoms with Crippen molar-refractivity contribution >= 4 is 50.7 Å². The molecule has 0 bridgehead atoms. The van der Waals surface area contributed by atoms with Crippen LogP contribution in [0.1, 0.15) is 56.6 Å². The van der Waals surface area contributed by atoms with Crippen LogP contribution in [-0.2, 0) is 26.2 Å². The van der Waals surface area contributed by atoms with Crippen molar-refractivity contribution < 1.29 is 18.0 Å².